The van der Waals surface area contributed by atoms with E-state index in [1.165, 1.54) is 16.7 Å². The lowest BCUT2D eigenvalue weighted by Crippen LogP contribution is -2.24. The van der Waals surface area contributed by atoms with E-state index in [0.717, 1.165) is 41.3 Å². The van der Waals surface area contributed by atoms with Crippen molar-refractivity contribution in [2.45, 2.75) is 52.6 Å². The molecule has 25 heavy (non-hydrogen) atoms. The molecule has 0 N–H and O–H groups in total. The molecule has 134 valence electrons. The standard InChI is InChI=1S/C22H29O2P/c1-7-22(8-2,19-13-16(4)11-17(5)21(19)24-6)25-20-10-9-15(3)12-18(20)14-23/h9-14,25H,7-8H2,1-6H3. The summed E-state index contributed by atoms with van der Waals surface area (Å²) in [6, 6.07) is 10.6. The van der Waals surface area contributed by atoms with Crippen molar-refractivity contribution in [1.29, 1.82) is 0 Å². The predicted molar refractivity (Wildman–Crippen MR) is 109 cm³/mol. The van der Waals surface area contributed by atoms with E-state index in [0.29, 0.717) is 8.58 Å². The van der Waals surface area contributed by atoms with Gasteiger partial charge in [-0.1, -0.05) is 57.8 Å². The van der Waals surface area contributed by atoms with Gasteiger partial charge in [0.1, 0.15) is 5.75 Å². The summed E-state index contributed by atoms with van der Waals surface area (Å²) in [5.74, 6) is 0.988. The number of aryl methyl sites for hydroxylation is 3. The normalized spacial score (nSPS) is 11.9. The maximum absolute atomic E-state index is 11.6. The molecule has 0 aliphatic rings. The van der Waals surface area contributed by atoms with Gasteiger partial charge in [0, 0.05) is 16.3 Å². The summed E-state index contributed by atoms with van der Waals surface area (Å²) in [6.07, 6.45) is 3.00. The van der Waals surface area contributed by atoms with Crippen LogP contribution in [0.5, 0.6) is 5.75 Å². The maximum Gasteiger partial charge on any atom is 0.150 e. The van der Waals surface area contributed by atoms with Gasteiger partial charge in [0.05, 0.1) is 7.11 Å². The summed E-state index contributed by atoms with van der Waals surface area (Å²) in [5.41, 5.74) is 5.64. The third kappa shape index (κ3) is 3.96. The molecule has 2 nitrogen and oxygen atoms in total. The van der Waals surface area contributed by atoms with Gasteiger partial charge in [0.2, 0.25) is 0 Å². The van der Waals surface area contributed by atoms with E-state index in [4.69, 9.17) is 4.74 Å². The zero-order valence-electron chi connectivity index (χ0n) is 16.2. The topological polar surface area (TPSA) is 26.3 Å². The molecule has 0 spiro atoms. The first kappa shape index (κ1) is 19.7. The summed E-state index contributed by atoms with van der Waals surface area (Å²) in [7, 11) is 2.28. The van der Waals surface area contributed by atoms with Gasteiger partial charge in [-0.3, -0.25) is 4.79 Å². The second-order valence-electron chi connectivity index (χ2n) is 6.79. The second-order valence-corrected chi connectivity index (χ2v) is 8.53. The molecular formula is C22H29O2P. The molecule has 0 radical (unpaired) electrons. The SMILES string of the molecule is CCC(CC)(Pc1ccc(C)cc1C=O)c1cc(C)cc(C)c1OC. The van der Waals surface area contributed by atoms with E-state index in [-0.39, 0.29) is 5.16 Å². The number of ether oxygens (including phenoxy) is 1. The van der Waals surface area contributed by atoms with Gasteiger partial charge in [-0.25, -0.2) is 0 Å². The molecule has 0 aliphatic heterocycles. The van der Waals surface area contributed by atoms with Crippen LogP contribution in [-0.2, 0) is 5.16 Å². The zero-order chi connectivity index (χ0) is 18.6. The largest absolute Gasteiger partial charge is 0.496 e. The maximum atomic E-state index is 11.6. The number of rotatable bonds is 7. The summed E-state index contributed by atoms with van der Waals surface area (Å²) < 4.78 is 5.79. The molecule has 0 bridgehead atoms. The first-order valence-electron chi connectivity index (χ1n) is 8.90. The number of benzene rings is 2. The van der Waals surface area contributed by atoms with Gasteiger partial charge in [0.15, 0.2) is 6.29 Å². The van der Waals surface area contributed by atoms with Crippen molar-refractivity contribution >= 4 is 20.2 Å². The van der Waals surface area contributed by atoms with Gasteiger partial charge >= 0.3 is 0 Å². The van der Waals surface area contributed by atoms with Crippen molar-refractivity contribution in [3.63, 3.8) is 0 Å². The lowest BCUT2D eigenvalue weighted by atomic mass is 9.89. The van der Waals surface area contributed by atoms with Crippen LogP contribution in [0.2, 0.25) is 0 Å². The highest BCUT2D eigenvalue weighted by atomic mass is 31.1. The van der Waals surface area contributed by atoms with Crippen molar-refractivity contribution in [2.24, 2.45) is 0 Å². The minimum absolute atomic E-state index is 0.0187. The van der Waals surface area contributed by atoms with E-state index in [1.807, 2.05) is 13.0 Å². The van der Waals surface area contributed by atoms with E-state index < -0.39 is 0 Å². The molecule has 1 unspecified atom stereocenters. The highest BCUT2D eigenvalue weighted by Crippen LogP contribution is 2.51. The lowest BCUT2D eigenvalue weighted by Gasteiger charge is -2.35. The summed E-state index contributed by atoms with van der Waals surface area (Å²) in [4.78, 5) is 11.6. The van der Waals surface area contributed by atoms with Gasteiger partial charge in [0.25, 0.3) is 0 Å². The van der Waals surface area contributed by atoms with Crippen LogP contribution in [0, 0.1) is 20.8 Å². The van der Waals surface area contributed by atoms with E-state index in [1.54, 1.807) is 7.11 Å². The highest BCUT2D eigenvalue weighted by molar-refractivity contribution is 7.48. The Bertz CT molecular complexity index is 761. The monoisotopic (exact) mass is 356 g/mol. The number of methoxy groups -OCH3 is 1. The smallest absolute Gasteiger partial charge is 0.150 e. The fourth-order valence-electron chi connectivity index (χ4n) is 3.61. The average molecular weight is 356 g/mol. The zero-order valence-corrected chi connectivity index (χ0v) is 17.2. The molecule has 2 aromatic rings. The fraction of sp³-hybridized carbons (Fsp3) is 0.409. The lowest BCUT2D eigenvalue weighted by molar-refractivity contribution is 0.112. The van der Waals surface area contributed by atoms with Crippen molar-refractivity contribution < 1.29 is 9.53 Å². The predicted octanol–water partition coefficient (Wildman–Crippen LogP) is 5.45. The fourth-order valence-corrected chi connectivity index (χ4v) is 5.24. The summed E-state index contributed by atoms with van der Waals surface area (Å²) >= 11 is 0. The number of carbonyl (C=O) groups excluding carboxylic acids is 1. The average Bonchev–Trinajstić information content (AvgIpc) is 2.60. The summed E-state index contributed by atoms with van der Waals surface area (Å²) in [5, 5.41) is 1.13. The number of aldehydes is 1. The molecule has 0 saturated heterocycles. The summed E-state index contributed by atoms with van der Waals surface area (Å²) in [6.45, 7) is 10.7. The minimum Gasteiger partial charge on any atom is -0.496 e. The molecule has 3 heteroatoms. The molecule has 0 heterocycles. The second kappa shape index (κ2) is 8.15. The first-order valence-corrected chi connectivity index (χ1v) is 9.90. The van der Waals surface area contributed by atoms with Crippen LogP contribution in [0.15, 0.2) is 30.3 Å². The van der Waals surface area contributed by atoms with Crippen LogP contribution < -0.4 is 10.0 Å². The van der Waals surface area contributed by atoms with Crippen LogP contribution >= 0.6 is 8.58 Å². The van der Waals surface area contributed by atoms with Crippen LogP contribution in [0.25, 0.3) is 0 Å². The molecule has 0 aliphatic carbocycles. The van der Waals surface area contributed by atoms with Gasteiger partial charge in [-0.05, 0) is 50.5 Å². The van der Waals surface area contributed by atoms with Crippen LogP contribution in [-0.4, -0.2) is 13.4 Å². The van der Waals surface area contributed by atoms with Crippen molar-refractivity contribution in [1.82, 2.24) is 0 Å². The van der Waals surface area contributed by atoms with Gasteiger partial charge < -0.3 is 4.74 Å². The Balaban J connectivity index is 2.63. The number of hydrogen-bond acceptors (Lipinski definition) is 2. The highest BCUT2D eigenvalue weighted by Gasteiger charge is 2.33. The molecule has 0 saturated carbocycles. The first-order chi connectivity index (χ1) is 11.9. The Kier molecular flexibility index (Phi) is 6.41. The molecule has 0 amide bonds. The van der Waals surface area contributed by atoms with Crippen molar-refractivity contribution in [3.05, 3.63) is 58.1 Å². The van der Waals surface area contributed by atoms with E-state index in [2.05, 4.69) is 52.0 Å². The van der Waals surface area contributed by atoms with Crippen molar-refractivity contribution in [3.8, 4) is 5.75 Å². The Morgan fingerprint density at radius 3 is 2.28 bits per heavy atom. The molecule has 2 rings (SSSR count). The van der Waals surface area contributed by atoms with Crippen LogP contribution in [0.3, 0.4) is 0 Å². The van der Waals surface area contributed by atoms with Crippen molar-refractivity contribution in [2.75, 3.05) is 7.11 Å². The minimum atomic E-state index is -0.0187. The number of carbonyl (C=O) groups is 1. The number of hydrogen-bond donors (Lipinski definition) is 0. The van der Waals surface area contributed by atoms with E-state index >= 15 is 0 Å². The Labute approximate surface area is 153 Å². The van der Waals surface area contributed by atoms with Crippen LogP contribution in [0.4, 0.5) is 0 Å². The van der Waals surface area contributed by atoms with Gasteiger partial charge in [-0.15, -0.1) is 0 Å². The third-order valence-corrected chi connectivity index (χ3v) is 7.23. The molecule has 2 aromatic carbocycles. The van der Waals surface area contributed by atoms with Gasteiger partial charge in [-0.2, -0.15) is 0 Å². The Morgan fingerprint density at radius 2 is 1.72 bits per heavy atom. The Hall–Kier alpha value is -1.66. The molecule has 1 atom stereocenters. The van der Waals surface area contributed by atoms with E-state index in [9.17, 15) is 4.79 Å². The van der Waals surface area contributed by atoms with Crippen LogP contribution in [0.1, 0.15) is 59.3 Å². The molecule has 0 aromatic heterocycles. The quantitative estimate of drug-likeness (QED) is 0.487. The third-order valence-electron chi connectivity index (χ3n) is 5.05. The Morgan fingerprint density at radius 1 is 1.04 bits per heavy atom. The molecular weight excluding hydrogens is 327 g/mol. The molecule has 0 fully saturated rings.